The number of fused-ring (bicyclic) bond motifs is 1. The quantitative estimate of drug-likeness (QED) is 0.549. The van der Waals surface area contributed by atoms with Gasteiger partial charge in [0.2, 0.25) is 5.91 Å². The molecule has 1 atom stereocenters. The second-order valence-electron chi connectivity index (χ2n) is 10.8. The van der Waals surface area contributed by atoms with Crippen molar-refractivity contribution in [3.63, 3.8) is 0 Å². The van der Waals surface area contributed by atoms with Gasteiger partial charge in [-0.15, -0.1) is 0 Å². The molecule has 8 nitrogen and oxygen atoms in total. The Morgan fingerprint density at radius 3 is 2.59 bits per heavy atom. The third-order valence-electron chi connectivity index (χ3n) is 6.78. The van der Waals surface area contributed by atoms with Gasteiger partial charge >= 0.3 is 0 Å². The van der Waals surface area contributed by atoms with Gasteiger partial charge in [-0.3, -0.25) is 14.4 Å². The number of nitrogens with zero attached hydrogens (tertiary/aromatic N) is 2. The largest absolute Gasteiger partial charge is 0.363 e. The third-order valence-corrected chi connectivity index (χ3v) is 6.78. The molecule has 34 heavy (non-hydrogen) atoms. The highest BCUT2D eigenvalue weighted by molar-refractivity contribution is 6.06. The van der Waals surface area contributed by atoms with E-state index >= 15 is 0 Å². The van der Waals surface area contributed by atoms with Crippen molar-refractivity contribution in [1.29, 1.82) is 0 Å². The van der Waals surface area contributed by atoms with Crippen molar-refractivity contribution in [3.05, 3.63) is 40.8 Å². The molecule has 0 spiro atoms. The molecular formula is C26H35N5O3. The van der Waals surface area contributed by atoms with Gasteiger partial charge < -0.3 is 20.5 Å². The van der Waals surface area contributed by atoms with E-state index in [1.54, 1.807) is 19.2 Å². The van der Waals surface area contributed by atoms with Gasteiger partial charge in [-0.1, -0.05) is 26.7 Å². The molecular weight excluding hydrogens is 430 g/mol. The molecule has 2 amide bonds. The summed E-state index contributed by atoms with van der Waals surface area (Å²) in [6.07, 6.45) is 6.61. The van der Waals surface area contributed by atoms with Gasteiger partial charge in [0, 0.05) is 31.8 Å². The van der Waals surface area contributed by atoms with Gasteiger partial charge in [-0.2, -0.15) is 0 Å². The normalized spacial score (nSPS) is 17.6. The number of hydrogen-bond acceptors (Lipinski definition) is 5. The zero-order valence-corrected chi connectivity index (χ0v) is 20.7. The van der Waals surface area contributed by atoms with Crippen molar-refractivity contribution in [2.45, 2.75) is 65.3 Å². The number of carbonyl (C=O) groups is 3. The Balaban J connectivity index is 1.50. The van der Waals surface area contributed by atoms with E-state index in [2.05, 4.69) is 34.4 Å². The summed E-state index contributed by atoms with van der Waals surface area (Å²) in [4.78, 5) is 48.5. The van der Waals surface area contributed by atoms with E-state index in [-0.39, 0.29) is 23.0 Å². The molecule has 4 rings (SSSR count). The predicted molar refractivity (Wildman–Crippen MR) is 132 cm³/mol. The van der Waals surface area contributed by atoms with Crippen LogP contribution in [0.1, 0.15) is 78.1 Å². The molecule has 0 aliphatic heterocycles. The molecule has 1 saturated carbocycles. The number of amides is 2. The molecule has 0 bridgehead atoms. The van der Waals surface area contributed by atoms with E-state index in [0.717, 1.165) is 17.9 Å². The van der Waals surface area contributed by atoms with Crippen LogP contribution in [-0.2, 0) is 11.2 Å². The molecule has 1 unspecified atom stereocenters. The molecule has 182 valence electrons. The fourth-order valence-corrected chi connectivity index (χ4v) is 4.72. The summed E-state index contributed by atoms with van der Waals surface area (Å²) in [7, 11) is 3.80. The van der Waals surface area contributed by atoms with Crippen molar-refractivity contribution in [3.8, 4) is 0 Å². The van der Waals surface area contributed by atoms with E-state index in [9.17, 15) is 14.4 Å². The summed E-state index contributed by atoms with van der Waals surface area (Å²) in [6, 6.07) is 2.96. The first kappa shape index (κ1) is 24.0. The van der Waals surface area contributed by atoms with Crippen LogP contribution < -0.4 is 15.5 Å². The molecule has 2 aliphatic rings. The van der Waals surface area contributed by atoms with Crippen LogP contribution in [0.25, 0.3) is 0 Å². The number of rotatable bonds is 8. The van der Waals surface area contributed by atoms with Crippen LogP contribution in [0.4, 0.5) is 11.5 Å². The van der Waals surface area contributed by atoms with Crippen molar-refractivity contribution in [2.24, 2.45) is 11.3 Å². The van der Waals surface area contributed by atoms with Crippen LogP contribution >= 0.6 is 0 Å². The maximum atomic E-state index is 13.2. The number of Topliss-reactive ketones (excluding diaryl/α,β-unsaturated/α-hetero) is 1. The lowest BCUT2D eigenvalue weighted by molar-refractivity contribution is -0.118. The summed E-state index contributed by atoms with van der Waals surface area (Å²) < 4.78 is 0. The number of carbonyl (C=O) groups excluding carboxylic acids is 3. The van der Waals surface area contributed by atoms with Crippen LogP contribution in [0.3, 0.4) is 0 Å². The maximum Gasteiger partial charge on any atom is 0.268 e. The van der Waals surface area contributed by atoms with E-state index in [1.807, 2.05) is 25.1 Å². The second kappa shape index (κ2) is 9.24. The number of pyridine rings is 1. The van der Waals surface area contributed by atoms with E-state index in [0.29, 0.717) is 47.7 Å². The first-order valence-corrected chi connectivity index (χ1v) is 12.0. The highest BCUT2D eigenvalue weighted by Gasteiger charge is 2.36. The fraction of sp³-hybridized carbons (Fsp3) is 0.538. The molecule has 8 heteroatoms. The monoisotopic (exact) mass is 465 g/mol. The number of hydrogen-bond donors (Lipinski definition) is 3. The molecule has 3 N–H and O–H groups in total. The standard InChI is InChI=1S/C26H35N5O3/c1-15-22-19(12-26(2,3)13-20(22)32)29-23(15)25(34)30-18(10-8-16-6-7-16)24(33)28-17-9-11-21(27-14-17)31(4)5/h9,11,14,16,18,29H,6-8,10,12-13H2,1-5H3,(H,28,33)(H,30,34). The van der Waals surface area contributed by atoms with Crippen LogP contribution in [0.15, 0.2) is 18.3 Å². The summed E-state index contributed by atoms with van der Waals surface area (Å²) in [5.74, 6) is 0.873. The molecule has 1 fully saturated rings. The Labute approximate surface area is 200 Å². The Morgan fingerprint density at radius 1 is 1.24 bits per heavy atom. The molecule has 2 aromatic rings. The Kier molecular flexibility index (Phi) is 6.51. The first-order chi connectivity index (χ1) is 16.0. The number of nitrogens with one attached hydrogen (secondary N) is 3. The molecule has 0 radical (unpaired) electrons. The number of ketones is 1. The highest BCUT2D eigenvalue weighted by Crippen LogP contribution is 2.37. The average molecular weight is 466 g/mol. The van der Waals surface area contributed by atoms with E-state index in [4.69, 9.17) is 0 Å². The van der Waals surface area contributed by atoms with Crippen molar-refractivity contribution in [1.82, 2.24) is 15.3 Å². The topological polar surface area (TPSA) is 107 Å². The lowest BCUT2D eigenvalue weighted by atomic mass is 9.75. The molecule has 2 heterocycles. The Bertz CT molecular complexity index is 1100. The summed E-state index contributed by atoms with van der Waals surface area (Å²) in [5.41, 5.74) is 2.93. The molecule has 2 aromatic heterocycles. The van der Waals surface area contributed by atoms with Crippen LogP contribution in [0.5, 0.6) is 0 Å². The second-order valence-corrected chi connectivity index (χ2v) is 10.8. The van der Waals surface area contributed by atoms with E-state index < -0.39 is 6.04 Å². The smallest absolute Gasteiger partial charge is 0.268 e. The summed E-state index contributed by atoms with van der Waals surface area (Å²) in [6.45, 7) is 5.92. The van der Waals surface area contributed by atoms with Gasteiger partial charge in [0.25, 0.3) is 5.91 Å². The summed E-state index contributed by atoms with van der Waals surface area (Å²) in [5, 5.41) is 5.82. The van der Waals surface area contributed by atoms with Gasteiger partial charge in [0.05, 0.1) is 11.9 Å². The fourth-order valence-electron chi connectivity index (χ4n) is 4.72. The van der Waals surface area contributed by atoms with E-state index in [1.165, 1.54) is 12.8 Å². The minimum absolute atomic E-state index is 0.0655. The Morgan fingerprint density at radius 2 is 1.97 bits per heavy atom. The summed E-state index contributed by atoms with van der Waals surface area (Å²) >= 11 is 0. The van der Waals surface area contributed by atoms with Crippen molar-refractivity contribution in [2.75, 3.05) is 24.3 Å². The highest BCUT2D eigenvalue weighted by atomic mass is 16.2. The first-order valence-electron chi connectivity index (χ1n) is 12.0. The van der Waals surface area contributed by atoms with Gasteiger partial charge in [-0.05, 0) is 55.2 Å². The van der Waals surface area contributed by atoms with Gasteiger partial charge in [-0.25, -0.2) is 4.98 Å². The predicted octanol–water partition coefficient (Wildman–Crippen LogP) is 3.87. The zero-order chi connectivity index (χ0) is 24.6. The lowest BCUT2D eigenvalue weighted by Gasteiger charge is -2.28. The van der Waals surface area contributed by atoms with Crippen LogP contribution in [0.2, 0.25) is 0 Å². The van der Waals surface area contributed by atoms with Crippen molar-refractivity contribution >= 4 is 29.1 Å². The number of anilines is 2. The Hall–Kier alpha value is -3.16. The zero-order valence-electron chi connectivity index (χ0n) is 20.7. The van der Waals surface area contributed by atoms with Crippen LogP contribution in [0, 0.1) is 18.3 Å². The lowest BCUT2D eigenvalue weighted by Crippen LogP contribution is -2.44. The SMILES string of the molecule is Cc1c(C(=O)NC(CCC2CC2)C(=O)Nc2ccc(N(C)C)nc2)[nH]c2c1C(=O)CC(C)(C)C2. The average Bonchev–Trinajstić information content (AvgIpc) is 3.52. The number of H-pyrrole nitrogens is 1. The molecule has 0 aromatic carbocycles. The van der Waals surface area contributed by atoms with Crippen molar-refractivity contribution < 1.29 is 14.4 Å². The van der Waals surface area contributed by atoms with Crippen LogP contribution in [-0.4, -0.2) is 47.7 Å². The minimum atomic E-state index is -0.673. The third kappa shape index (κ3) is 5.32. The maximum absolute atomic E-state index is 13.2. The number of aromatic nitrogens is 2. The molecule has 0 saturated heterocycles. The molecule has 2 aliphatic carbocycles. The van der Waals surface area contributed by atoms with Gasteiger partial charge in [0.15, 0.2) is 5.78 Å². The number of aromatic amines is 1. The van der Waals surface area contributed by atoms with Gasteiger partial charge in [0.1, 0.15) is 17.6 Å². The minimum Gasteiger partial charge on any atom is -0.363 e.